The molecule has 3 N–H and O–H groups in total. The number of aromatic nitrogens is 2. The molecule has 0 bridgehead atoms. The fraction of sp³-hybridized carbons (Fsp3) is 0.538. The van der Waals surface area contributed by atoms with Crippen molar-refractivity contribution in [1.29, 1.82) is 0 Å². The van der Waals surface area contributed by atoms with Crippen molar-refractivity contribution in [3.63, 3.8) is 0 Å². The Kier molecular flexibility index (Phi) is 8.11. The van der Waals surface area contributed by atoms with Gasteiger partial charge in [-0.3, -0.25) is 23.5 Å². The van der Waals surface area contributed by atoms with E-state index in [1.807, 2.05) is 0 Å². The number of rotatable bonds is 7. The molecule has 1 aromatic carbocycles. The van der Waals surface area contributed by atoms with Crippen LogP contribution in [0.4, 0.5) is 26.3 Å². The lowest BCUT2D eigenvalue weighted by Crippen LogP contribution is -2.52. The summed E-state index contributed by atoms with van der Waals surface area (Å²) in [5.41, 5.74) is 4.12. The Morgan fingerprint density at radius 1 is 1.00 bits per heavy atom. The number of benzene rings is 1. The molecule has 2 aliphatic carbocycles. The van der Waals surface area contributed by atoms with Gasteiger partial charge in [0.25, 0.3) is 11.8 Å². The molecular weight excluding hydrogens is 582 g/mol. The Bertz CT molecular complexity index is 1350. The second-order valence-corrected chi connectivity index (χ2v) is 11.5. The van der Waals surface area contributed by atoms with Gasteiger partial charge in [0.1, 0.15) is 17.8 Å². The van der Waals surface area contributed by atoms with Crippen LogP contribution in [0.3, 0.4) is 0 Å². The number of fused-ring (bicyclic) bond motifs is 1. The monoisotopic (exact) mass is 608 g/mol. The maximum Gasteiger partial charge on any atom is 0.312 e. The minimum Gasteiger partial charge on any atom is -0.481 e. The predicted octanol–water partition coefficient (Wildman–Crippen LogP) is 4.88. The number of primary amides is 1. The van der Waals surface area contributed by atoms with Crippen LogP contribution in [0.5, 0.6) is 0 Å². The number of hydrogen-bond donors (Lipinski definition) is 2. The highest BCUT2D eigenvalue weighted by Crippen LogP contribution is 2.54. The number of aliphatic carboxylic acids is 1. The topological polar surface area (TPSA) is 119 Å². The number of nitrogens with zero attached hydrogens (tertiary/aromatic N) is 3. The van der Waals surface area contributed by atoms with Gasteiger partial charge in [-0.1, -0.05) is 23.7 Å². The van der Waals surface area contributed by atoms with Gasteiger partial charge in [-0.15, -0.1) is 0 Å². The van der Waals surface area contributed by atoms with Crippen LogP contribution in [0.25, 0.3) is 11.3 Å². The first-order chi connectivity index (χ1) is 19.0. The fourth-order valence-electron chi connectivity index (χ4n) is 5.61. The van der Waals surface area contributed by atoms with Crippen LogP contribution in [0.2, 0.25) is 5.02 Å². The van der Waals surface area contributed by atoms with E-state index in [1.54, 1.807) is 28.9 Å². The molecule has 1 aromatic heterocycles. The average molecular weight is 609 g/mol. The minimum atomic E-state index is -2.98. The van der Waals surface area contributed by atoms with Crippen LogP contribution < -0.4 is 5.73 Å². The van der Waals surface area contributed by atoms with Crippen LogP contribution in [-0.4, -0.2) is 69.3 Å². The molecule has 1 aliphatic heterocycles. The number of amides is 2. The number of hydrogen-bond acceptors (Lipinski definition) is 4. The third kappa shape index (κ3) is 6.16. The van der Waals surface area contributed by atoms with Gasteiger partial charge in [0.15, 0.2) is 0 Å². The molecule has 2 fully saturated rings. The molecule has 3 aliphatic rings. The molecule has 0 spiro atoms. The standard InChI is InChI=1S/C20H20ClF3N4O2.C6H7F3O2/c21-13-3-1-2-12(6-13)17-16(18(25)30)14-8-27(4-5-28(14)26-17)15(29)7-19(11-22)9-20(23,24)10-19;7-3-5(4(10)11)1-6(8,9)2-5/h1-3,6H,4-5,7-11H2,(H2,25,30);1-3H2,(H,10,11). The van der Waals surface area contributed by atoms with Gasteiger partial charge in [0, 0.05) is 54.6 Å². The normalized spacial score (nSPS) is 20.9. The Morgan fingerprint density at radius 3 is 2.10 bits per heavy atom. The second kappa shape index (κ2) is 10.8. The lowest BCUT2D eigenvalue weighted by Gasteiger charge is -2.46. The highest BCUT2D eigenvalue weighted by Gasteiger charge is 2.61. The fourth-order valence-corrected chi connectivity index (χ4v) is 5.80. The molecule has 15 heteroatoms. The number of nitrogens with two attached hydrogens (primary N) is 1. The van der Waals surface area contributed by atoms with Crippen molar-refractivity contribution in [1.82, 2.24) is 14.7 Å². The van der Waals surface area contributed by atoms with Crippen LogP contribution in [0, 0.1) is 10.8 Å². The van der Waals surface area contributed by atoms with Crippen molar-refractivity contribution in [2.75, 3.05) is 19.9 Å². The zero-order valence-corrected chi connectivity index (χ0v) is 22.4. The van der Waals surface area contributed by atoms with Gasteiger partial charge < -0.3 is 15.7 Å². The van der Waals surface area contributed by atoms with Crippen molar-refractivity contribution < 1.29 is 45.8 Å². The summed E-state index contributed by atoms with van der Waals surface area (Å²) in [6.07, 6.45) is -3.28. The first-order valence-corrected chi connectivity index (χ1v) is 13.0. The number of halogens is 7. The molecule has 2 heterocycles. The van der Waals surface area contributed by atoms with Crippen molar-refractivity contribution in [2.24, 2.45) is 16.6 Å². The molecule has 0 atom stereocenters. The lowest BCUT2D eigenvalue weighted by atomic mass is 9.64. The molecule has 41 heavy (non-hydrogen) atoms. The van der Waals surface area contributed by atoms with Crippen LogP contribution >= 0.6 is 11.6 Å². The highest BCUT2D eigenvalue weighted by molar-refractivity contribution is 6.30. The van der Waals surface area contributed by atoms with Gasteiger partial charge in [-0.2, -0.15) is 5.10 Å². The smallest absolute Gasteiger partial charge is 0.312 e. The number of carboxylic acids is 1. The quantitative estimate of drug-likeness (QED) is 0.435. The Morgan fingerprint density at radius 2 is 1.63 bits per heavy atom. The third-order valence-corrected chi connectivity index (χ3v) is 7.89. The summed E-state index contributed by atoms with van der Waals surface area (Å²) in [7, 11) is 0. The summed E-state index contributed by atoms with van der Waals surface area (Å²) >= 11 is 6.04. The summed E-state index contributed by atoms with van der Waals surface area (Å²) < 4.78 is 77.9. The van der Waals surface area contributed by atoms with E-state index in [2.05, 4.69) is 5.10 Å². The number of carboxylic acid groups (broad SMARTS) is 1. The number of carbonyl (C=O) groups is 3. The van der Waals surface area contributed by atoms with Crippen molar-refractivity contribution in [3.05, 3.63) is 40.5 Å². The molecule has 2 aromatic rings. The Balaban J connectivity index is 0.000000296. The lowest BCUT2D eigenvalue weighted by molar-refractivity contribution is -0.196. The largest absolute Gasteiger partial charge is 0.481 e. The number of alkyl halides is 6. The maximum absolute atomic E-state index is 13.4. The van der Waals surface area contributed by atoms with Crippen molar-refractivity contribution in [2.45, 2.75) is 57.0 Å². The van der Waals surface area contributed by atoms with Gasteiger partial charge in [-0.05, 0) is 12.1 Å². The molecule has 2 amide bonds. The molecule has 0 unspecified atom stereocenters. The van der Waals surface area contributed by atoms with E-state index in [9.17, 15) is 40.7 Å². The van der Waals surface area contributed by atoms with Crippen LogP contribution in [-0.2, 0) is 22.7 Å². The van der Waals surface area contributed by atoms with Crippen LogP contribution in [0.15, 0.2) is 24.3 Å². The second-order valence-electron chi connectivity index (χ2n) is 11.0. The SMILES string of the molecule is NC(=O)c1c(-c2cccc(Cl)c2)nn2c1CN(C(=O)CC1(CF)CC(F)(F)C1)CC2.O=C(O)C1(CF)CC(F)(F)C1. The summed E-state index contributed by atoms with van der Waals surface area (Å²) in [6.45, 7) is -1.55. The number of carbonyl (C=O) groups excluding carboxylic acids is 2. The summed E-state index contributed by atoms with van der Waals surface area (Å²) in [4.78, 5) is 36.6. The van der Waals surface area contributed by atoms with E-state index in [0.29, 0.717) is 28.5 Å². The van der Waals surface area contributed by atoms with E-state index in [4.69, 9.17) is 22.4 Å². The molecular formula is C26H27ClF6N4O4. The van der Waals surface area contributed by atoms with Gasteiger partial charge in [0.05, 0.1) is 31.0 Å². The summed E-state index contributed by atoms with van der Waals surface area (Å²) in [5.74, 6) is -8.48. The van der Waals surface area contributed by atoms with E-state index in [0.717, 1.165) is 0 Å². The third-order valence-electron chi connectivity index (χ3n) is 7.66. The molecule has 0 radical (unpaired) electrons. The van der Waals surface area contributed by atoms with E-state index in [1.165, 1.54) is 4.90 Å². The minimum absolute atomic E-state index is 0.0451. The first kappa shape index (κ1) is 30.7. The Labute approximate surface area is 235 Å². The van der Waals surface area contributed by atoms with E-state index >= 15 is 0 Å². The Hall–Kier alpha value is -3.29. The van der Waals surface area contributed by atoms with Crippen LogP contribution in [0.1, 0.15) is 48.2 Å². The zero-order valence-electron chi connectivity index (χ0n) is 21.6. The van der Waals surface area contributed by atoms with E-state index < -0.39 is 79.5 Å². The average Bonchev–Trinajstić information content (AvgIpc) is 3.25. The predicted molar refractivity (Wildman–Crippen MR) is 134 cm³/mol. The summed E-state index contributed by atoms with van der Waals surface area (Å²) in [5, 5.41) is 13.3. The maximum atomic E-state index is 13.4. The molecule has 0 saturated heterocycles. The van der Waals surface area contributed by atoms with Gasteiger partial charge in [-0.25, -0.2) is 22.0 Å². The highest BCUT2D eigenvalue weighted by atomic mass is 35.5. The van der Waals surface area contributed by atoms with Gasteiger partial charge in [0.2, 0.25) is 11.8 Å². The first-order valence-electron chi connectivity index (χ1n) is 12.6. The molecule has 8 nitrogen and oxygen atoms in total. The zero-order chi connectivity index (χ0) is 30.4. The molecule has 5 rings (SSSR count). The van der Waals surface area contributed by atoms with Gasteiger partial charge >= 0.3 is 5.97 Å². The van der Waals surface area contributed by atoms with E-state index in [-0.39, 0.29) is 25.1 Å². The molecule has 224 valence electrons. The summed E-state index contributed by atoms with van der Waals surface area (Å²) in [6, 6.07) is 6.82. The van der Waals surface area contributed by atoms with Crippen molar-refractivity contribution in [3.8, 4) is 11.3 Å². The molecule has 2 saturated carbocycles. The van der Waals surface area contributed by atoms with Crippen molar-refractivity contribution >= 4 is 29.4 Å².